The number of carbonyl (C=O) groups excluding carboxylic acids is 1. The van der Waals surface area contributed by atoms with Gasteiger partial charge in [0.1, 0.15) is 18.8 Å². The molecule has 6 heteroatoms. The summed E-state index contributed by atoms with van der Waals surface area (Å²) in [4.78, 5) is 16.0. The largest absolute Gasteiger partial charge is 0.368 e. The molecule has 1 fully saturated rings. The van der Waals surface area contributed by atoms with Crippen LogP contribution in [0.2, 0.25) is 0 Å². The number of hydrogen-bond acceptors (Lipinski definition) is 4. The summed E-state index contributed by atoms with van der Waals surface area (Å²) in [5.41, 5.74) is 1.49. The molecule has 0 saturated carbocycles. The maximum absolute atomic E-state index is 12.1. The Morgan fingerprint density at radius 2 is 2.32 bits per heavy atom. The Morgan fingerprint density at radius 3 is 3.05 bits per heavy atom. The SMILES string of the molecule is O=C(Nc1ccccc1-n1cncn1)C1CCCO1. The Hall–Kier alpha value is -2.21. The van der Waals surface area contributed by atoms with Gasteiger partial charge in [-0.2, -0.15) is 5.10 Å². The molecule has 3 rings (SSSR count). The predicted octanol–water partition coefficient (Wildman–Crippen LogP) is 1.38. The van der Waals surface area contributed by atoms with Crippen molar-refractivity contribution in [1.82, 2.24) is 14.8 Å². The Kier molecular flexibility index (Phi) is 3.24. The molecule has 1 atom stereocenters. The van der Waals surface area contributed by atoms with Crippen molar-refractivity contribution in [3.05, 3.63) is 36.9 Å². The lowest BCUT2D eigenvalue weighted by molar-refractivity contribution is -0.124. The van der Waals surface area contributed by atoms with E-state index in [0.29, 0.717) is 12.3 Å². The predicted molar refractivity (Wildman–Crippen MR) is 69.0 cm³/mol. The fourth-order valence-electron chi connectivity index (χ4n) is 2.11. The summed E-state index contributed by atoms with van der Waals surface area (Å²) in [7, 11) is 0. The number of ether oxygens (including phenoxy) is 1. The summed E-state index contributed by atoms with van der Waals surface area (Å²) in [6.45, 7) is 0.656. The summed E-state index contributed by atoms with van der Waals surface area (Å²) in [5.74, 6) is -0.106. The number of nitrogens with zero attached hydrogens (tertiary/aromatic N) is 3. The molecule has 0 spiro atoms. The normalized spacial score (nSPS) is 18.4. The van der Waals surface area contributed by atoms with Gasteiger partial charge in [-0.05, 0) is 25.0 Å². The van der Waals surface area contributed by atoms with Crippen LogP contribution in [0.5, 0.6) is 0 Å². The van der Waals surface area contributed by atoms with Gasteiger partial charge in [-0.15, -0.1) is 0 Å². The topological polar surface area (TPSA) is 69.0 Å². The molecular weight excluding hydrogens is 244 g/mol. The van der Waals surface area contributed by atoms with Crippen molar-refractivity contribution >= 4 is 11.6 Å². The van der Waals surface area contributed by atoms with Crippen LogP contribution in [-0.2, 0) is 9.53 Å². The van der Waals surface area contributed by atoms with Gasteiger partial charge in [0, 0.05) is 6.61 Å². The summed E-state index contributed by atoms with van der Waals surface area (Å²) >= 11 is 0. The van der Waals surface area contributed by atoms with Crippen LogP contribution in [-0.4, -0.2) is 33.4 Å². The van der Waals surface area contributed by atoms with Gasteiger partial charge < -0.3 is 10.1 Å². The molecule has 0 bridgehead atoms. The Balaban J connectivity index is 1.83. The minimum absolute atomic E-state index is 0.106. The molecule has 0 radical (unpaired) electrons. The van der Waals surface area contributed by atoms with Crippen LogP contribution < -0.4 is 5.32 Å². The van der Waals surface area contributed by atoms with Gasteiger partial charge in [-0.3, -0.25) is 4.79 Å². The number of hydrogen-bond donors (Lipinski definition) is 1. The van der Waals surface area contributed by atoms with Crippen molar-refractivity contribution < 1.29 is 9.53 Å². The van der Waals surface area contributed by atoms with Crippen molar-refractivity contribution in [2.24, 2.45) is 0 Å². The second-order valence-corrected chi connectivity index (χ2v) is 4.35. The van der Waals surface area contributed by atoms with E-state index in [2.05, 4.69) is 15.4 Å². The molecule has 0 aliphatic carbocycles. The highest BCUT2D eigenvalue weighted by atomic mass is 16.5. The number of anilines is 1. The van der Waals surface area contributed by atoms with Crippen LogP contribution in [0.4, 0.5) is 5.69 Å². The molecule has 2 aromatic rings. The lowest BCUT2D eigenvalue weighted by Crippen LogP contribution is -2.27. The monoisotopic (exact) mass is 258 g/mol. The number of carbonyl (C=O) groups is 1. The van der Waals surface area contributed by atoms with E-state index in [1.807, 2.05) is 24.3 Å². The third-order valence-electron chi connectivity index (χ3n) is 3.05. The molecular formula is C13H14N4O2. The fraction of sp³-hybridized carbons (Fsp3) is 0.308. The van der Waals surface area contributed by atoms with E-state index < -0.39 is 0 Å². The van der Waals surface area contributed by atoms with E-state index >= 15 is 0 Å². The van der Waals surface area contributed by atoms with Crippen LogP contribution in [0.15, 0.2) is 36.9 Å². The van der Waals surface area contributed by atoms with Crippen LogP contribution in [0.25, 0.3) is 5.69 Å². The molecule has 1 unspecified atom stereocenters. The van der Waals surface area contributed by atoms with Crippen LogP contribution >= 0.6 is 0 Å². The van der Waals surface area contributed by atoms with E-state index in [4.69, 9.17) is 4.74 Å². The molecule has 1 aromatic heterocycles. The maximum Gasteiger partial charge on any atom is 0.253 e. The quantitative estimate of drug-likeness (QED) is 0.903. The van der Waals surface area contributed by atoms with E-state index in [1.165, 1.54) is 6.33 Å². The van der Waals surface area contributed by atoms with Gasteiger partial charge in [0.25, 0.3) is 5.91 Å². The molecule has 6 nitrogen and oxygen atoms in total. The number of para-hydroxylation sites is 2. The lowest BCUT2D eigenvalue weighted by Gasteiger charge is -2.13. The molecule has 19 heavy (non-hydrogen) atoms. The molecule has 98 valence electrons. The highest BCUT2D eigenvalue weighted by Crippen LogP contribution is 2.20. The second-order valence-electron chi connectivity index (χ2n) is 4.35. The average molecular weight is 258 g/mol. The molecule has 1 aliphatic rings. The first-order chi connectivity index (χ1) is 9.34. The minimum Gasteiger partial charge on any atom is -0.368 e. The summed E-state index contributed by atoms with van der Waals surface area (Å²) < 4.78 is 6.99. The van der Waals surface area contributed by atoms with Gasteiger partial charge in [0.15, 0.2) is 0 Å². The number of nitrogens with one attached hydrogen (secondary N) is 1. The Bertz CT molecular complexity index is 562. The zero-order valence-electron chi connectivity index (χ0n) is 10.3. The standard InChI is InChI=1S/C13H14N4O2/c18-13(12-6-3-7-19-12)16-10-4-1-2-5-11(10)17-9-14-8-15-17/h1-2,4-5,8-9,12H,3,6-7H2,(H,16,18). The van der Waals surface area contributed by atoms with E-state index in [-0.39, 0.29) is 12.0 Å². The number of amides is 1. The number of benzene rings is 1. The number of rotatable bonds is 3. The van der Waals surface area contributed by atoms with Crippen molar-refractivity contribution in [1.29, 1.82) is 0 Å². The minimum atomic E-state index is -0.344. The summed E-state index contributed by atoms with van der Waals surface area (Å²) in [5, 5.41) is 6.96. The van der Waals surface area contributed by atoms with E-state index in [1.54, 1.807) is 11.0 Å². The zero-order chi connectivity index (χ0) is 13.1. The Morgan fingerprint density at radius 1 is 1.42 bits per heavy atom. The molecule has 2 heterocycles. The number of aromatic nitrogens is 3. The Labute approximate surface area is 110 Å². The molecule has 1 aliphatic heterocycles. The third kappa shape index (κ3) is 2.48. The van der Waals surface area contributed by atoms with Crippen molar-refractivity contribution in [3.63, 3.8) is 0 Å². The maximum atomic E-state index is 12.1. The second kappa shape index (κ2) is 5.19. The zero-order valence-corrected chi connectivity index (χ0v) is 10.3. The first kappa shape index (κ1) is 11.9. The van der Waals surface area contributed by atoms with Gasteiger partial charge in [-0.25, -0.2) is 9.67 Å². The fourth-order valence-corrected chi connectivity index (χ4v) is 2.11. The van der Waals surface area contributed by atoms with Crippen molar-refractivity contribution in [2.45, 2.75) is 18.9 Å². The molecule has 1 aromatic carbocycles. The van der Waals surface area contributed by atoms with E-state index in [0.717, 1.165) is 18.5 Å². The first-order valence-electron chi connectivity index (χ1n) is 6.21. The molecule has 1 amide bonds. The molecule has 1 saturated heterocycles. The van der Waals surface area contributed by atoms with Crippen LogP contribution in [0.1, 0.15) is 12.8 Å². The van der Waals surface area contributed by atoms with Crippen molar-refractivity contribution in [3.8, 4) is 5.69 Å². The smallest absolute Gasteiger partial charge is 0.253 e. The van der Waals surface area contributed by atoms with Gasteiger partial charge in [0.05, 0.1) is 11.4 Å². The third-order valence-corrected chi connectivity index (χ3v) is 3.05. The van der Waals surface area contributed by atoms with Gasteiger partial charge in [0.2, 0.25) is 0 Å². The van der Waals surface area contributed by atoms with Crippen LogP contribution in [0.3, 0.4) is 0 Å². The average Bonchev–Trinajstić information content (AvgIpc) is 3.13. The highest BCUT2D eigenvalue weighted by molar-refractivity contribution is 5.96. The summed E-state index contributed by atoms with van der Waals surface area (Å²) in [6, 6.07) is 7.47. The molecule has 1 N–H and O–H groups in total. The summed E-state index contributed by atoms with van der Waals surface area (Å²) in [6.07, 6.45) is 4.42. The first-order valence-corrected chi connectivity index (χ1v) is 6.21. The van der Waals surface area contributed by atoms with Gasteiger partial charge in [-0.1, -0.05) is 12.1 Å². The van der Waals surface area contributed by atoms with Gasteiger partial charge >= 0.3 is 0 Å². The van der Waals surface area contributed by atoms with Crippen LogP contribution in [0, 0.1) is 0 Å². The van der Waals surface area contributed by atoms with E-state index in [9.17, 15) is 4.79 Å². The van der Waals surface area contributed by atoms with Crippen molar-refractivity contribution in [2.75, 3.05) is 11.9 Å². The lowest BCUT2D eigenvalue weighted by atomic mass is 10.2. The highest BCUT2D eigenvalue weighted by Gasteiger charge is 2.24.